The predicted molar refractivity (Wildman–Crippen MR) is 102 cm³/mol. The molecule has 1 N–H and O–H groups in total. The summed E-state index contributed by atoms with van der Waals surface area (Å²) in [5.41, 5.74) is 4.86. The van der Waals surface area contributed by atoms with Gasteiger partial charge in [-0.2, -0.15) is 0 Å². The Hall–Kier alpha value is -1.65. The summed E-state index contributed by atoms with van der Waals surface area (Å²) in [7, 11) is -3.14. The van der Waals surface area contributed by atoms with Crippen molar-refractivity contribution in [3.05, 3.63) is 59.7 Å². The van der Waals surface area contributed by atoms with Crippen LogP contribution in [0.4, 0.5) is 0 Å². The van der Waals surface area contributed by atoms with Gasteiger partial charge in [0.05, 0.1) is 5.75 Å². The van der Waals surface area contributed by atoms with Crippen LogP contribution in [0.1, 0.15) is 44.2 Å². The summed E-state index contributed by atoms with van der Waals surface area (Å²) in [5, 5.41) is 0. The molecule has 2 aromatic rings. The first-order chi connectivity index (χ1) is 11.4. The molecule has 0 saturated carbocycles. The van der Waals surface area contributed by atoms with E-state index in [1.54, 1.807) is 0 Å². The van der Waals surface area contributed by atoms with Gasteiger partial charge in [-0.05, 0) is 41.0 Å². The smallest absolute Gasteiger partial charge is 0.211 e. The van der Waals surface area contributed by atoms with Gasteiger partial charge in [0.1, 0.15) is 0 Å². The lowest BCUT2D eigenvalue weighted by atomic mass is 9.97. The lowest BCUT2D eigenvalue weighted by Gasteiger charge is -2.14. The Kier molecular flexibility index (Phi) is 6.58. The van der Waals surface area contributed by atoms with Gasteiger partial charge in [-0.15, -0.1) is 0 Å². The third-order valence-electron chi connectivity index (χ3n) is 4.26. The first-order valence-electron chi connectivity index (χ1n) is 8.61. The molecule has 4 heteroatoms. The largest absolute Gasteiger partial charge is 0.215 e. The number of rotatable bonds is 8. The zero-order chi connectivity index (χ0) is 17.6. The molecule has 2 rings (SSSR count). The number of nitrogens with one attached hydrogen (secondary N) is 1. The van der Waals surface area contributed by atoms with E-state index < -0.39 is 10.0 Å². The molecule has 0 aliphatic rings. The van der Waals surface area contributed by atoms with Crippen molar-refractivity contribution < 1.29 is 8.42 Å². The van der Waals surface area contributed by atoms with Gasteiger partial charge in [-0.1, -0.05) is 69.3 Å². The number of aryl methyl sites for hydroxylation is 1. The quantitative estimate of drug-likeness (QED) is 0.773. The highest BCUT2D eigenvalue weighted by Crippen LogP contribution is 2.23. The lowest BCUT2D eigenvalue weighted by Crippen LogP contribution is -2.29. The number of hydrogen-bond acceptors (Lipinski definition) is 2. The molecule has 0 bridgehead atoms. The second-order valence-corrected chi connectivity index (χ2v) is 8.17. The monoisotopic (exact) mass is 345 g/mol. The average molecular weight is 346 g/mol. The van der Waals surface area contributed by atoms with Crippen LogP contribution in [0.15, 0.2) is 48.5 Å². The summed E-state index contributed by atoms with van der Waals surface area (Å²) >= 11 is 0. The summed E-state index contributed by atoms with van der Waals surface area (Å²) in [6, 6.07) is 17.0. The SMILES string of the molecule is CCCS(=O)(=O)NC[C@H](C)c1ccc(-c2ccc(CC)cc2)cc1. The van der Waals surface area contributed by atoms with Gasteiger partial charge in [-0.25, -0.2) is 13.1 Å². The second-order valence-electron chi connectivity index (χ2n) is 6.24. The maximum Gasteiger partial charge on any atom is 0.211 e. The molecule has 0 aliphatic heterocycles. The van der Waals surface area contributed by atoms with Crippen LogP contribution in [0.5, 0.6) is 0 Å². The molecule has 2 aromatic carbocycles. The summed E-state index contributed by atoms with van der Waals surface area (Å²) in [6.45, 7) is 6.50. The number of sulfonamides is 1. The Morgan fingerprint density at radius 2 is 1.46 bits per heavy atom. The van der Waals surface area contributed by atoms with Crippen LogP contribution in [0.2, 0.25) is 0 Å². The van der Waals surface area contributed by atoms with Gasteiger partial charge in [0, 0.05) is 6.54 Å². The van der Waals surface area contributed by atoms with E-state index in [1.165, 1.54) is 16.7 Å². The van der Waals surface area contributed by atoms with Gasteiger partial charge in [-0.3, -0.25) is 0 Å². The van der Waals surface area contributed by atoms with E-state index in [0.717, 1.165) is 12.0 Å². The Balaban J connectivity index is 2.02. The van der Waals surface area contributed by atoms with Crippen molar-refractivity contribution in [2.75, 3.05) is 12.3 Å². The molecule has 1 atom stereocenters. The van der Waals surface area contributed by atoms with Gasteiger partial charge in [0.15, 0.2) is 0 Å². The van der Waals surface area contributed by atoms with Crippen LogP contribution >= 0.6 is 0 Å². The van der Waals surface area contributed by atoms with Gasteiger partial charge in [0.2, 0.25) is 10.0 Å². The van der Waals surface area contributed by atoms with Crippen LogP contribution in [0, 0.1) is 0 Å². The predicted octanol–water partition coefficient (Wildman–Crippen LogP) is 4.35. The van der Waals surface area contributed by atoms with E-state index >= 15 is 0 Å². The number of hydrogen-bond donors (Lipinski definition) is 1. The van der Waals surface area contributed by atoms with E-state index in [9.17, 15) is 8.42 Å². The highest BCUT2D eigenvalue weighted by atomic mass is 32.2. The van der Waals surface area contributed by atoms with Crippen molar-refractivity contribution in [1.29, 1.82) is 0 Å². The zero-order valence-electron chi connectivity index (χ0n) is 14.7. The second kappa shape index (κ2) is 8.45. The van der Waals surface area contributed by atoms with Crippen molar-refractivity contribution in [3.63, 3.8) is 0 Å². The molecular weight excluding hydrogens is 318 g/mol. The first kappa shape index (κ1) is 18.7. The summed E-state index contributed by atoms with van der Waals surface area (Å²) < 4.78 is 26.2. The minimum atomic E-state index is -3.14. The molecule has 0 radical (unpaired) electrons. The Morgan fingerprint density at radius 1 is 0.917 bits per heavy atom. The number of benzene rings is 2. The summed E-state index contributed by atoms with van der Waals surface area (Å²) in [4.78, 5) is 0. The van der Waals surface area contributed by atoms with Crippen LogP contribution < -0.4 is 4.72 Å². The van der Waals surface area contributed by atoms with Crippen molar-refractivity contribution in [2.45, 2.75) is 39.5 Å². The Labute approximate surface area is 146 Å². The molecule has 0 unspecified atom stereocenters. The van der Waals surface area contributed by atoms with Gasteiger partial charge < -0.3 is 0 Å². The Bertz CT molecular complexity index is 734. The molecule has 3 nitrogen and oxygen atoms in total. The van der Waals surface area contributed by atoms with E-state index in [-0.39, 0.29) is 11.7 Å². The molecule has 24 heavy (non-hydrogen) atoms. The van der Waals surface area contributed by atoms with Crippen LogP contribution in [0.25, 0.3) is 11.1 Å². The summed E-state index contributed by atoms with van der Waals surface area (Å²) in [5.74, 6) is 0.333. The fourth-order valence-electron chi connectivity index (χ4n) is 2.65. The maximum atomic E-state index is 11.7. The van der Waals surface area contributed by atoms with E-state index in [0.29, 0.717) is 13.0 Å². The molecule has 130 valence electrons. The molecule has 0 amide bonds. The summed E-state index contributed by atoms with van der Waals surface area (Å²) in [6.07, 6.45) is 1.68. The molecule has 0 fully saturated rings. The zero-order valence-corrected chi connectivity index (χ0v) is 15.6. The minimum Gasteiger partial charge on any atom is -0.215 e. The third-order valence-corrected chi connectivity index (χ3v) is 5.81. The molecule has 0 spiro atoms. The van der Waals surface area contributed by atoms with Crippen molar-refractivity contribution in [2.24, 2.45) is 0 Å². The first-order valence-corrected chi connectivity index (χ1v) is 10.3. The van der Waals surface area contributed by atoms with Gasteiger partial charge >= 0.3 is 0 Å². The fraction of sp³-hybridized carbons (Fsp3) is 0.400. The van der Waals surface area contributed by atoms with Crippen molar-refractivity contribution in [3.8, 4) is 11.1 Å². The van der Waals surface area contributed by atoms with E-state index in [1.807, 2.05) is 13.8 Å². The topological polar surface area (TPSA) is 46.2 Å². The van der Waals surface area contributed by atoms with E-state index in [2.05, 4.69) is 60.2 Å². The van der Waals surface area contributed by atoms with Gasteiger partial charge in [0.25, 0.3) is 0 Å². The molecule has 0 aliphatic carbocycles. The highest BCUT2D eigenvalue weighted by Gasteiger charge is 2.12. The fourth-order valence-corrected chi connectivity index (χ4v) is 3.83. The average Bonchev–Trinajstić information content (AvgIpc) is 2.60. The minimum absolute atomic E-state index is 0.146. The Morgan fingerprint density at radius 3 is 1.96 bits per heavy atom. The van der Waals surface area contributed by atoms with Crippen molar-refractivity contribution in [1.82, 2.24) is 4.72 Å². The maximum absolute atomic E-state index is 11.7. The molecule has 0 aromatic heterocycles. The van der Waals surface area contributed by atoms with Crippen molar-refractivity contribution >= 4 is 10.0 Å². The third kappa shape index (κ3) is 5.18. The molecular formula is C20H27NO2S. The normalized spacial score (nSPS) is 13.0. The standard InChI is InChI=1S/C20H27NO2S/c1-4-14-24(22,23)21-15-16(3)18-10-12-20(13-11-18)19-8-6-17(5-2)7-9-19/h6-13,16,21H,4-5,14-15H2,1-3H3/t16-/m0/s1. The molecule has 0 heterocycles. The van der Waals surface area contributed by atoms with Crippen LogP contribution in [0.3, 0.4) is 0 Å². The van der Waals surface area contributed by atoms with Crippen LogP contribution in [-0.2, 0) is 16.4 Å². The van der Waals surface area contributed by atoms with Crippen LogP contribution in [-0.4, -0.2) is 20.7 Å². The molecule has 0 saturated heterocycles. The van der Waals surface area contributed by atoms with E-state index in [4.69, 9.17) is 0 Å². The highest BCUT2D eigenvalue weighted by molar-refractivity contribution is 7.89. The lowest BCUT2D eigenvalue weighted by molar-refractivity contribution is 0.573.